The van der Waals surface area contributed by atoms with Gasteiger partial charge in [-0.05, 0) is 37.6 Å². The molecule has 2 N–H and O–H groups in total. The van der Waals surface area contributed by atoms with E-state index in [0.29, 0.717) is 4.99 Å². The second-order valence-corrected chi connectivity index (χ2v) is 4.71. The third kappa shape index (κ3) is 2.74. The molecule has 4 heteroatoms. The number of rotatable bonds is 4. The van der Waals surface area contributed by atoms with Crippen LogP contribution in [0.4, 0.5) is 11.5 Å². The zero-order valence-corrected chi connectivity index (χ0v) is 11.9. The van der Waals surface area contributed by atoms with Gasteiger partial charge < -0.3 is 10.6 Å². The summed E-state index contributed by atoms with van der Waals surface area (Å²) in [6.45, 7) is 4.98. The van der Waals surface area contributed by atoms with E-state index in [9.17, 15) is 0 Å². The van der Waals surface area contributed by atoms with Crippen LogP contribution in [0.15, 0.2) is 42.6 Å². The van der Waals surface area contributed by atoms with Gasteiger partial charge in [0.25, 0.3) is 0 Å². The topological polar surface area (TPSA) is 42.2 Å². The van der Waals surface area contributed by atoms with Crippen LogP contribution in [0, 0.1) is 6.92 Å². The van der Waals surface area contributed by atoms with Crippen molar-refractivity contribution >= 4 is 28.7 Å². The summed E-state index contributed by atoms with van der Waals surface area (Å²) >= 11 is 5.11. The summed E-state index contributed by atoms with van der Waals surface area (Å²) < 4.78 is 0. The number of hydrogen-bond acceptors (Lipinski definition) is 3. The number of pyridine rings is 1. The van der Waals surface area contributed by atoms with Crippen LogP contribution in [-0.4, -0.2) is 16.5 Å². The Balaban J connectivity index is 2.55. The van der Waals surface area contributed by atoms with Crippen molar-refractivity contribution in [2.45, 2.75) is 13.8 Å². The first-order valence-corrected chi connectivity index (χ1v) is 6.64. The monoisotopic (exact) mass is 271 g/mol. The summed E-state index contributed by atoms with van der Waals surface area (Å²) in [4.78, 5) is 6.95. The normalized spacial score (nSPS) is 10.2. The first-order valence-electron chi connectivity index (χ1n) is 6.23. The molecule has 0 radical (unpaired) electrons. The van der Waals surface area contributed by atoms with Gasteiger partial charge in [0.15, 0.2) is 0 Å². The molecule has 19 heavy (non-hydrogen) atoms. The number of benzene rings is 1. The van der Waals surface area contributed by atoms with E-state index in [-0.39, 0.29) is 0 Å². The molecule has 0 aliphatic heterocycles. The number of nitrogens with zero attached hydrogens (tertiary/aromatic N) is 2. The lowest BCUT2D eigenvalue weighted by Gasteiger charge is -2.25. The molecule has 0 amide bonds. The van der Waals surface area contributed by atoms with Gasteiger partial charge in [0.2, 0.25) is 0 Å². The molecule has 0 aliphatic rings. The second kappa shape index (κ2) is 5.80. The molecule has 3 nitrogen and oxygen atoms in total. The number of aryl methyl sites for hydroxylation is 1. The molecule has 1 heterocycles. The van der Waals surface area contributed by atoms with Crippen LogP contribution in [-0.2, 0) is 0 Å². The number of aromatic nitrogens is 1. The van der Waals surface area contributed by atoms with Crippen molar-refractivity contribution in [3.63, 3.8) is 0 Å². The first-order chi connectivity index (χ1) is 9.15. The van der Waals surface area contributed by atoms with Crippen molar-refractivity contribution in [3.05, 3.63) is 53.7 Å². The molecule has 0 fully saturated rings. The van der Waals surface area contributed by atoms with Crippen LogP contribution >= 0.6 is 12.2 Å². The Bertz CT molecular complexity index is 595. The molecule has 1 aromatic heterocycles. The Hall–Kier alpha value is -1.94. The molecule has 0 spiro atoms. The number of hydrogen-bond donors (Lipinski definition) is 1. The third-order valence-electron chi connectivity index (χ3n) is 3.03. The lowest BCUT2D eigenvalue weighted by molar-refractivity contribution is 0.980. The second-order valence-electron chi connectivity index (χ2n) is 4.27. The first kappa shape index (κ1) is 13.5. The highest BCUT2D eigenvalue weighted by atomic mass is 32.1. The average molecular weight is 271 g/mol. The van der Waals surface area contributed by atoms with Crippen molar-refractivity contribution in [1.29, 1.82) is 0 Å². The smallest absolute Gasteiger partial charge is 0.143 e. The number of nitrogens with two attached hydrogens (primary N) is 1. The van der Waals surface area contributed by atoms with E-state index in [1.54, 1.807) is 6.20 Å². The van der Waals surface area contributed by atoms with Gasteiger partial charge in [0.05, 0.1) is 5.56 Å². The van der Waals surface area contributed by atoms with E-state index in [1.807, 2.05) is 24.3 Å². The Morgan fingerprint density at radius 1 is 1.26 bits per heavy atom. The van der Waals surface area contributed by atoms with Crippen molar-refractivity contribution in [1.82, 2.24) is 4.98 Å². The fourth-order valence-electron chi connectivity index (χ4n) is 2.10. The maximum atomic E-state index is 5.79. The molecule has 2 aromatic rings. The molecular weight excluding hydrogens is 254 g/mol. The van der Waals surface area contributed by atoms with Crippen LogP contribution in [0.25, 0.3) is 0 Å². The lowest BCUT2D eigenvalue weighted by Crippen LogP contribution is -2.23. The van der Waals surface area contributed by atoms with Crippen LogP contribution in [0.1, 0.15) is 18.1 Å². The number of anilines is 2. The molecule has 0 atom stereocenters. The summed E-state index contributed by atoms with van der Waals surface area (Å²) in [5, 5.41) is 0. The minimum atomic E-state index is 0.370. The van der Waals surface area contributed by atoms with E-state index in [4.69, 9.17) is 18.0 Å². The molecule has 98 valence electrons. The van der Waals surface area contributed by atoms with Gasteiger partial charge >= 0.3 is 0 Å². The highest BCUT2D eigenvalue weighted by Gasteiger charge is 2.15. The predicted molar refractivity (Wildman–Crippen MR) is 84.0 cm³/mol. The predicted octanol–water partition coefficient (Wildman–Crippen LogP) is 3.18. The Labute approximate surface area is 119 Å². The van der Waals surface area contributed by atoms with E-state index in [0.717, 1.165) is 23.6 Å². The summed E-state index contributed by atoms with van der Waals surface area (Å²) in [7, 11) is 0. The zero-order valence-electron chi connectivity index (χ0n) is 11.1. The summed E-state index contributed by atoms with van der Waals surface area (Å²) in [6.07, 6.45) is 1.76. The van der Waals surface area contributed by atoms with E-state index in [2.05, 4.69) is 35.9 Å². The van der Waals surface area contributed by atoms with Crippen molar-refractivity contribution in [2.24, 2.45) is 5.73 Å². The molecule has 1 aromatic carbocycles. The van der Waals surface area contributed by atoms with Gasteiger partial charge in [-0.25, -0.2) is 4.98 Å². The minimum absolute atomic E-state index is 0.370. The fraction of sp³-hybridized carbons (Fsp3) is 0.200. The van der Waals surface area contributed by atoms with Gasteiger partial charge in [0.1, 0.15) is 10.8 Å². The van der Waals surface area contributed by atoms with E-state index < -0.39 is 0 Å². The van der Waals surface area contributed by atoms with Crippen LogP contribution in [0.2, 0.25) is 0 Å². The van der Waals surface area contributed by atoms with E-state index >= 15 is 0 Å². The van der Waals surface area contributed by atoms with Crippen LogP contribution < -0.4 is 10.6 Å². The van der Waals surface area contributed by atoms with E-state index in [1.165, 1.54) is 5.56 Å². The summed E-state index contributed by atoms with van der Waals surface area (Å²) in [6, 6.07) is 12.0. The molecule has 2 rings (SSSR count). The number of thiocarbonyl (C=S) groups is 1. The molecular formula is C15H17N3S. The third-order valence-corrected chi connectivity index (χ3v) is 3.25. The Morgan fingerprint density at radius 2 is 2.00 bits per heavy atom. The molecule has 0 bridgehead atoms. The Morgan fingerprint density at radius 3 is 2.63 bits per heavy atom. The highest BCUT2D eigenvalue weighted by molar-refractivity contribution is 7.80. The maximum absolute atomic E-state index is 5.79. The molecule has 0 unspecified atom stereocenters. The van der Waals surface area contributed by atoms with Crippen molar-refractivity contribution < 1.29 is 0 Å². The molecule has 0 aliphatic carbocycles. The maximum Gasteiger partial charge on any atom is 0.143 e. The van der Waals surface area contributed by atoms with Gasteiger partial charge in [0, 0.05) is 18.4 Å². The average Bonchev–Trinajstić information content (AvgIpc) is 2.42. The van der Waals surface area contributed by atoms with Crippen molar-refractivity contribution in [3.8, 4) is 0 Å². The van der Waals surface area contributed by atoms with Gasteiger partial charge in [-0.1, -0.05) is 30.4 Å². The van der Waals surface area contributed by atoms with Crippen molar-refractivity contribution in [2.75, 3.05) is 11.4 Å². The SMILES string of the molecule is CCN(c1ccccc1C)c1ncccc1C(N)=S. The lowest BCUT2D eigenvalue weighted by atomic mass is 10.1. The standard InChI is InChI=1S/C15H17N3S/c1-3-18(13-9-5-4-7-11(13)2)15-12(14(16)19)8-6-10-17-15/h4-10H,3H2,1-2H3,(H2,16,19). The van der Waals surface area contributed by atoms with Gasteiger partial charge in [-0.15, -0.1) is 0 Å². The largest absolute Gasteiger partial charge is 0.389 e. The van der Waals surface area contributed by atoms with Gasteiger partial charge in [-0.3, -0.25) is 0 Å². The quantitative estimate of drug-likeness (QED) is 0.867. The van der Waals surface area contributed by atoms with Crippen LogP contribution in [0.5, 0.6) is 0 Å². The van der Waals surface area contributed by atoms with Crippen LogP contribution in [0.3, 0.4) is 0 Å². The van der Waals surface area contributed by atoms with Gasteiger partial charge in [-0.2, -0.15) is 0 Å². The summed E-state index contributed by atoms with van der Waals surface area (Å²) in [5.41, 5.74) is 8.92. The molecule has 0 saturated carbocycles. The highest BCUT2D eigenvalue weighted by Crippen LogP contribution is 2.28. The zero-order chi connectivity index (χ0) is 13.8. The molecule has 0 saturated heterocycles. The minimum Gasteiger partial charge on any atom is -0.389 e. The number of para-hydroxylation sites is 1. The summed E-state index contributed by atoms with van der Waals surface area (Å²) in [5.74, 6) is 0.812. The fourth-order valence-corrected chi connectivity index (χ4v) is 2.26. The Kier molecular flexibility index (Phi) is 4.12.